The topological polar surface area (TPSA) is 46.5 Å². The number of aliphatic carboxylic acids is 1. The zero-order valence-corrected chi connectivity index (χ0v) is 19.3. The monoisotopic (exact) mass is 452 g/mol. The lowest BCUT2D eigenvalue weighted by Gasteiger charge is -2.36. The van der Waals surface area contributed by atoms with Crippen molar-refractivity contribution >= 4 is 33.0 Å². The number of carboxylic acid groups (broad SMARTS) is 1. The van der Waals surface area contributed by atoms with Crippen LogP contribution in [-0.4, -0.2) is 17.7 Å². The summed E-state index contributed by atoms with van der Waals surface area (Å²) in [4.78, 5) is 11.4. The molecule has 0 aliphatic heterocycles. The van der Waals surface area contributed by atoms with Gasteiger partial charge in [0.05, 0.1) is 11.1 Å². The van der Waals surface area contributed by atoms with Crippen molar-refractivity contribution < 1.29 is 19.0 Å². The lowest BCUT2D eigenvalue weighted by Crippen LogP contribution is -2.24. The van der Waals surface area contributed by atoms with Crippen LogP contribution >= 0.6 is 15.9 Å². The number of ether oxygens (including phenoxy) is 1. The molecule has 5 heteroatoms. The lowest BCUT2D eigenvalue weighted by molar-refractivity contribution is -0.134. The van der Waals surface area contributed by atoms with E-state index in [4.69, 9.17) is 4.74 Å². The predicted octanol–water partition coefficient (Wildman–Crippen LogP) is 6.99. The van der Waals surface area contributed by atoms with Gasteiger partial charge in [-0.25, -0.2) is 4.79 Å². The number of hydrogen-bond donors (Lipinski definition) is 1. The molecule has 1 aliphatic rings. The maximum atomic E-state index is 14.7. The van der Waals surface area contributed by atoms with E-state index in [1.54, 1.807) is 13.8 Å². The molecule has 0 aromatic heterocycles. The summed E-state index contributed by atoms with van der Waals surface area (Å²) < 4.78 is 21.4. The SMILES string of the molecule is CCOc1c(C(=C(F)C(=O)O)C(C)C)cc2c(c1Br)C(C)(C)CC=C2C(C)C. The van der Waals surface area contributed by atoms with Crippen LogP contribution in [0.5, 0.6) is 5.75 Å². The van der Waals surface area contributed by atoms with E-state index < -0.39 is 11.8 Å². The largest absolute Gasteiger partial charge is 0.492 e. The number of halogens is 2. The summed E-state index contributed by atoms with van der Waals surface area (Å²) >= 11 is 3.73. The van der Waals surface area contributed by atoms with E-state index in [9.17, 15) is 14.3 Å². The molecule has 28 heavy (non-hydrogen) atoms. The summed E-state index contributed by atoms with van der Waals surface area (Å²) in [6.45, 7) is 14.5. The lowest BCUT2D eigenvalue weighted by atomic mass is 9.70. The molecule has 0 heterocycles. The fourth-order valence-electron chi connectivity index (χ4n) is 3.93. The molecule has 0 spiro atoms. The predicted molar refractivity (Wildman–Crippen MR) is 116 cm³/mol. The molecule has 0 atom stereocenters. The van der Waals surface area contributed by atoms with Crippen LogP contribution in [0, 0.1) is 11.8 Å². The van der Waals surface area contributed by atoms with Gasteiger partial charge in [-0.3, -0.25) is 0 Å². The quantitative estimate of drug-likeness (QED) is 0.472. The van der Waals surface area contributed by atoms with Gasteiger partial charge in [-0.05, 0) is 69.3 Å². The van der Waals surface area contributed by atoms with E-state index >= 15 is 0 Å². The Bertz CT molecular complexity index is 848. The normalized spacial score (nSPS) is 16.6. The van der Waals surface area contributed by atoms with Crippen LogP contribution in [0.1, 0.15) is 71.6 Å². The molecule has 1 N–H and O–H groups in total. The zero-order valence-electron chi connectivity index (χ0n) is 17.7. The first-order valence-electron chi connectivity index (χ1n) is 9.77. The van der Waals surface area contributed by atoms with Gasteiger partial charge in [0.15, 0.2) is 0 Å². The Morgan fingerprint density at radius 2 is 1.93 bits per heavy atom. The second-order valence-electron chi connectivity index (χ2n) is 8.51. The molecule has 0 amide bonds. The molecule has 0 unspecified atom stereocenters. The molecule has 3 nitrogen and oxygen atoms in total. The highest BCUT2D eigenvalue weighted by atomic mass is 79.9. The fourth-order valence-corrected chi connectivity index (χ4v) is 5.01. The van der Waals surface area contributed by atoms with E-state index in [1.165, 1.54) is 5.57 Å². The van der Waals surface area contributed by atoms with Crippen LogP contribution in [0.25, 0.3) is 11.1 Å². The molecule has 1 aliphatic carbocycles. The third-order valence-electron chi connectivity index (χ3n) is 5.24. The van der Waals surface area contributed by atoms with E-state index in [0.717, 1.165) is 22.0 Å². The maximum absolute atomic E-state index is 14.7. The Hall–Kier alpha value is -1.62. The van der Waals surface area contributed by atoms with Crippen LogP contribution in [0.3, 0.4) is 0 Å². The molecule has 1 aromatic carbocycles. The summed E-state index contributed by atoms with van der Waals surface area (Å²) in [6, 6.07) is 1.93. The van der Waals surface area contributed by atoms with Gasteiger partial charge in [0.2, 0.25) is 5.83 Å². The molecule has 0 saturated heterocycles. The van der Waals surface area contributed by atoms with Gasteiger partial charge in [0.1, 0.15) is 5.75 Å². The number of rotatable bonds is 6. The third kappa shape index (κ3) is 4.05. The van der Waals surface area contributed by atoms with E-state index in [-0.39, 0.29) is 16.9 Å². The number of fused-ring (bicyclic) bond motifs is 1. The number of carbonyl (C=O) groups is 1. The van der Waals surface area contributed by atoms with Crippen LogP contribution in [-0.2, 0) is 10.2 Å². The Morgan fingerprint density at radius 1 is 1.32 bits per heavy atom. The Morgan fingerprint density at radius 3 is 2.39 bits per heavy atom. The van der Waals surface area contributed by atoms with Crippen molar-refractivity contribution in [1.82, 2.24) is 0 Å². The van der Waals surface area contributed by atoms with Crippen molar-refractivity contribution in [3.8, 4) is 5.75 Å². The minimum absolute atomic E-state index is 0.121. The van der Waals surface area contributed by atoms with Crippen molar-refractivity contribution in [2.45, 2.75) is 60.3 Å². The first-order chi connectivity index (χ1) is 12.9. The molecule has 1 aromatic rings. The van der Waals surface area contributed by atoms with Crippen LogP contribution in [0.2, 0.25) is 0 Å². The summed E-state index contributed by atoms with van der Waals surface area (Å²) in [5.41, 5.74) is 3.90. The average molecular weight is 453 g/mol. The van der Waals surface area contributed by atoms with Crippen molar-refractivity contribution in [1.29, 1.82) is 0 Å². The van der Waals surface area contributed by atoms with E-state index in [0.29, 0.717) is 23.8 Å². The van der Waals surface area contributed by atoms with Crippen LogP contribution in [0.4, 0.5) is 4.39 Å². The number of benzene rings is 1. The fraction of sp³-hybridized carbons (Fsp3) is 0.522. The first-order valence-corrected chi connectivity index (χ1v) is 10.6. The van der Waals surface area contributed by atoms with Crippen molar-refractivity contribution in [3.05, 3.63) is 39.1 Å². The van der Waals surface area contributed by atoms with E-state index in [1.807, 2.05) is 13.0 Å². The van der Waals surface area contributed by atoms with Crippen molar-refractivity contribution in [2.24, 2.45) is 11.8 Å². The van der Waals surface area contributed by atoms with Gasteiger partial charge in [0.25, 0.3) is 0 Å². The number of carboxylic acids is 1. The highest BCUT2D eigenvalue weighted by Gasteiger charge is 2.35. The van der Waals surface area contributed by atoms with Crippen LogP contribution in [0.15, 0.2) is 22.4 Å². The van der Waals surface area contributed by atoms with Gasteiger partial charge in [-0.1, -0.05) is 47.6 Å². The minimum Gasteiger partial charge on any atom is -0.492 e. The molecule has 0 bridgehead atoms. The van der Waals surface area contributed by atoms with Gasteiger partial charge in [-0.2, -0.15) is 4.39 Å². The molecule has 2 rings (SSSR count). The van der Waals surface area contributed by atoms with Gasteiger partial charge >= 0.3 is 5.97 Å². The Balaban J connectivity index is 2.98. The second-order valence-corrected chi connectivity index (χ2v) is 9.31. The first kappa shape index (κ1) is 22.7. The summed E-state index contributed by atoms with van der Waals surface area (Å²) in [6.07, 6.45) is 3.14. The maximum Gasteiger partial charge on any atom is 0.365 e. The van der Waals surface area contributed by atoms with Gasteiger partial charge in [-0.15, -0.1) is 0 Å². The second kappa shape index (κ2) is 8.40. The Kier molecular flexibility index (Phi) is 6.80. The van der Waals surface area contributed by atoms with Crippen LogP contribution < -0.4 is 4.74 Å². The molecule has 154 valence electrons. The number of allylic oxidation sites excluding steroid dienone is 3. The standard InChI is InChI=1S/C23H30BrFO3/c1-8-28-21-16(17(13(4)5)20(25)22(26)27)11-15-14(12(2)3)9-10-23(6,7)18(15)19(21)24/h9,11-13H,8,10H2,1-7H3,(H,26,27). The van der Waals surface area contributed by atoms with E-state index in [2.05, 4.69) is 49.7 Å². The van der Waals surface area contributed by atoms with Gasteiger partial charge in [0, 0.05) is 11.1 Å². The van der Waals surface area contributed by atoms with Crippen molar-refractivity contribution in [2.75, 3.05) is 6.61 Å². The molecular weight excluding hydrogens is 423 g/mol. The smallest absolute Gasteiger partial charge is 0.365 e. The molecule has 0 saturated carbocycles. The molecule has 0 radical (unpaired) electrons. The summed E-state index contributed by atoms with van der Waals surface area (Å²) in [7, 11) is 0. The highest BCUT2D eigenvalue weighted by Crippen LogP contribution is 2.51. The third-order valence-corrected chi connectivity index (χ3v) is 6.00. The highest BCUT2D eigenvalue weighted by molar-refractivity contribution is 9.10. The molecule has 0 fully saturated rings. The average Bonchev–Trinajstić information content (AvgIpc) is 2.56. The van der Waals surface area contributed by atoms with Gasteiger partial charge < -0.3 is 9.84 Å². The van der Waals surface area contributed by atoms with Crippen molar-refractivity contribution in [3.63, 3.8) is 0 Å². The molecular formula is C23H30BrFO3. The summed E-state index contributed by atoms with van der Waals surface area (Å²) in [5.74, 6) is -2.20. The Labute approximate surface area is 175 Å². The zero-order chi connectivity index (χ0) is 21.4. The summed E-state index contributed by atoms with van der Waals surface area (Å²) in [5, 5.41) is 9.32. The number of hydrogen-bond acceptors (Lipinski definition) is 2. The minimum atomic E-state index is -1.56.